The SMILES string of the molecule is COc1cc(C(O)(O)C(O)(O)NC(C)NC(=O)C(C)C)c(OC)cc1Br. The molecule has 0 aliphatic carbocycles. The Balaban J connectivity index is 3.20. The molecule has 1 aromatic rings. The fourth-order valence-corrected chi connectivity index (χ4v) is 2.62. The third-order valence-corrected chi connectivity index (χ3v) is 4.26. The number of hydrogen-bond donors (Lipinski definition) is 6. The van der Waals surface area contributed by atoms with Crippen LogP contribution in [0.4, 0.5) is 0 Å². The predicted octanol–water partition coefficient (Wildman–Crippen LogP) is -0.0501. The number of rotatable bonds is 8. The number of aliphatic hydroxyl groups is 4. The number of carbonyl (C=O) groups is 1. The highest BCUT2D eigenvalue weighted by atomic mass is 79.9. The number of benzene rings is 1. The number of hydrogen-bond acceptors (Lipinski definition) is 8. The Hall–Kier alpha value is -1.43. The van der Waals surface area contributed by atoms with E-state index in [-0.39, 0.29) is 28.9 Å². The lowest BCUT2D eigenvalue weighted by Crippen LogP contribution is -2.66. The lowest BCUT2D eigenvalue weighted by Gasteiger charge is -2.38. The number of methoxy groups -OCH3 is 2. The molecule has 1 rings (SSSR count). The summed E-state index contributed by atoms with van der Waals surface area (Å²) in [4.78, 5) is 11.7. The van der Waals surface area contributed by atoms with Gasteiger partial charge >= 0.3 is 0 Å². The minimum atomic E-state index is -3.23. The predicted molar refractivity (Wildman–Crippen MR) is 96.1 cm³/mol. The van der Waals surface area contributed by atoms with Gasteiger partial charge in [0.05, 0.1) is 30.4 Å². The molecular formula is C16H25BrN2O7. The Bertz CT molecular complexity index is 650. The first-order valence-corrected chi connectivity index (χ1v) is 8.56. The third-order valence-electron chi connectivity index (χ3n) is 3.64. The second-order valence-electron chi connectivity index (χ2n) is 6.06. The standard InChI is InChI=1S/C16H25BrN2O7/c1-8(2)14(20)18-9(3)19-16(23,24)15(21,22)10-6-13(26-5)11(17)7-12(10)25-4/h6-9,19,21-24H,1-5H3,(H,18,20). The van der Waals surface area contributed by atoms with Crippen molar-refractivity contribution in [2.45, 2.75) is 38.6 Å². The van der Waals surface area contributed by atoms with Gasteiger partial charge in [-0.15, -0.1) is 0 Å². The summed E-state index contributed by atoms with van der Waals surface area (Å²) >= 11 is 3.22. The zero-order valence-electron chi connectivity index (χ0n) is 15.2. The van der Waals surface area contributed by atoms with Crippen LogP contribution < -0.4 is 20.1 Å². The Kier molecular flexibility index (Phi) is 7.40. The van der Waals surface area contributed by atoms with Gasteiger partial charge < -0.3 is 35.2 Å². The Labute approximate surface area is 160 Å². The van der Waals surface area contributed by atoms with E-state index in [0.717, 1.165) is 0 Å². The van der Waals surface area contributed by atoms with E-state index in [0.29, 0.717) is 4.47 Å². The van der Waals surface area contributed by atoms with Gasteiger partial charge in [-0.25, -0.2) is 5.32 Å². The van der Waals surface area contributed by atoms with Crippen molar-refractivity contribution in [3.8, 4) is 11.5 Å². The molecule has 0 aliphatic rings. The van der Waals surface area contributed by atoms with E-state index in [1.54, 1.807) is 13.8 Å². The van der Waals surface area contributed by atoms with E-state index in [9.17, 15) is 25.2 Å². The van der Waals surface area contributed by atoms with Crippen LogP contribution >= 0.6 is 15.9 Å². The second-order valence-corrected chi connectivity index (χ2v) is 6.92. The van der Waals surface area contributed by atoms with Gasteiger partial charge in [-0.2, -0.15) is 0 Å². The molecule has 0 radical (unpaired) electrons. The van der Waals surface area contributed by atoms with Crippen LogP contribution in [0, 0.1) is 5.92 Å². The lowest BCUT2D eigenvalue weighted by atomic mass is 10.00. The highest BCUT2D eigenvalue weighted by Crippen LogP contribution is 2.40. The molecule has 0 aromatic heterocycles. The molecule has 1 amide bonds. The van der Waals surface area contributed by atoms with Crippen molar-refractivity contribution in [1.29, 1.82) is 0 Å². The fourth-order valence-electron chi connectivity index (χ4n) is 2.14. The van der Waals surface area contributed by atoms with Gasteiger partial charge in [0, 0.05) is 5.92 Å². The highest BCUT2D eigenvalue weighted by Gasteiger charge is 2.52. The molecule has 1 aromatic carbocycles. The molecule has 0 bridgehead atoms. The number of carbonyl (C=O) groups excluding carboxylic acids is 1. The molecule has 1 atom stereocenters. The Morgan fingerprint density at radius 1 is 1.08 bits per heavy atom. The molecule has 0 aliphatic heterocycles. The van der Waals surface area contributed by atoms with Gasteiger partial charge in [-0.3, -0.25) is 4.79 Å². The van der Waals surface area contributed by atoms with Crippen LogP contribution in [0.1, 0.15) is 26.3 Å². The molecule has 9 nitrogen and oxygen atoms in total. The average molecular weight is 437 g/mol. The first-order chi connectivity index (χ1) is 11.9. The molecule has 148 valence electrons. The van der Waals surface area contributed by atoms with E-state index in [1.807, 2.05) is 0 Å². The maximum Gasteiger partial charge on any atom is 0.285 e. The van der Waals surface area contributed by atoms with Gasteiger partial charge in [-0.1, -0.05) is 13.8 Å². The summed E-state index contributed by atoms with van der Waals surface area (Å²) in [6.45, 7) is 4.74. The summed E-state index contributed by atoms with van der Waals surface area (Å²) in [6, 6.07) is 2.57. The first-order valence-electron chi connectivity index (χ1n) is 7.77. The maximum absolute atomic E-state index is 11.7. The monoisotopic (exact) mass is 436 g/mol. The van der Waals surface area contributed by atoms with Gasteiger partial charge in [0.25, 0.3) is 11.7 Å². The fraction of sp³-hybridized carbons (Fsp3) is 0.562. The zero-order valence-corrected chi connectivity index (χ0v) is 16.8. The second kappa shape index (κ2) is 8.51. The summed E-state index contributed by atoms with van der Waals surface area (Å²) < 4.78 is 10.6. The van der Waals surface area contributed by atoms with Crippen molar-refractivity contribution in [2.75, 3.05) is 14.2 Å². The normalized spacial score (nSPS) is 13.5. The molecule has 0 spiro atoms. The van der Waals surface area contributed by atoms with Crippen LogP contribution in [0.25, 0.3) is 0 Å². The number of nitrogens with one attached hydrogen (secondary N) is 2. The minimum Gasteiger partial charge on any atom is -0.496 e. The maximum atomic E-state index is 11.7. The van der Waals surface area contributed by atoms with Crippen molar-refractivity contribution in [3.05, 3.63) is 22.2 Å². The van der Waals surface area contributed by atoms with Crippen molar-refractivity contribution in [2.24, 2.45) is 5.92 Å². The molecule has 0 fully saturated rings. The quantitative estimate of drug-likeness (QED) is 0.311. The van der Waals surface area contributed by atoms with E-state index >= 15 is 0 Å². The first kappa shape index (κ1) is 22.6. The van der Waals surface area contributed by atoms with Crippen LogP contribution in [0.2, 0.25) is 0 Å². The van der Waals surface area contributed by atoms with Crippen LogP contribution in [0.3, 0.4) is 0 Å². The summed E-state index contributed by atoms with van der Waals surface area (Å²) in [7, 11) is 2.64. The van der Waals surface area contributed by atoms with E-state index in [4.69, 9.17) is 9.47 Å². The average Bonchev–Trinajstić information content (AvgIpc) is 2.53. The van der Waals surface area contributed by atoms with Crippen LogP contribution in [-0.2, 0) is 10.6 Å². The Morgan fingerprint density at radius 2 is 1.62 bits per heavy atom. The molecule has 0 heterocycles. The summed E-state index contributed by atoms with van der Waals surface area (Å²) in [5.74, 6) is -6.95. The van der Waals surface area contributed by atoms with Crippen LogP contribution in [0.5, 0.6) is 11.5 Å². The summed E-state index contributed by atoms with van der Waals surface area (Å²) in [5, 5.41) is 46.0. The topological polar surface area (TPSA) is 141 Å². The number of halogens is 1. The van der Waals surface area contributed by atoms with Gasteiger partial charge in [-0.05, 0) is 35.0 Å². The molecule has 1 unspecified atom stereocenters. The van der Waals surface area contributed by atoms with Crippen LogP contribution in [-0.4, -0.2) is 52.6 Å². The van der Waals surface area contributed by atoms with Crippen LogP contribution in [0.15, 0.2) is 16.6 Å². The molecular weight excluding hydrogens is 412 g/mol. The minimum absolute atomic E-state index is 0.0316. The lowest BCUT2D eigenvalue weighted by molar-refractivity contribution is -0.382. The van der Waals surface area contributed by atoms with Gasteiger partial charge in [0.2, 0.25) is 5.91 Å². The smallest absolute Gasteiger partial charge is 0.285 e. The number of amides is 1. The molecule has 0 saturated heterocycles. The number of ether oxygens (including phenoxy) is 2. The molecule has 0 saturated carbocycles. The van der Waals surface area contributed by atoms with Crippen molar-refractivity contribution in [3.63, 3.8) is 0 Å². The van der Waals surface area contributed by atoms with E-state index in [2.05, 4.69) is 26.6 Å². The largest absolute Gasteiger partial charge is 0.496 e. The van der Waals surface area contributed by atoms with Crippen molar-refractivity contribution < 1.29 is 34.7 Å². The summed E-state index contributed by atoms with van der Waals surface area (Å²) in [6.07, 6.45) is -0.984. The van der Waals surface area contributed by atoms with Gasteiger partial charge in [0.15, 0.2) is 0 Å². The van der Waals surface area contributed by atoms with Gasteiger partial charge in [0.1, 0.15) is 11.5 Å². The Morgan fingerprint density at radius 3 is 2.08 bits per heavy atom. The van der Waals surface area contributed by atoms with Crippen molar-refractivity contribution >= 4 is 21.8 Å². The van der Waals surface area contributed by atoms with Crippen molar-refractivity contribution in [1.82, 2.24) is 10.6 Å². The molecule has 6 N–H and O–H groups in total. The van der Waals surface area contributed by atoms with E-state index in [1.165, 1.54) is 33.3 Å². The van der Waals surface area contributed by atoms with E-state index < -0.39 is 17.9 Å². The summed E-state index contributed by atoms with van der Waals surface area (Å²) in [5.41, 5.74) is -0.361. The third kappa shape index (κ3) is 4.84. The zero-order chi connectivity index (χ0) is 20.3. The molecule has 10 heteroatoms. The molecule has 26 heavy (non-hydrogen) atoms. The highest BCUT2D eigenvalue weighted by molar-refractivity contribution is 9.10.